The van der Waals surface area contributed by atoms with Crippen LogP contribution in [0.1, 0.15) is 35.2 Å². The van der Waals surface area contributed by atoms with Crippen LogP contribution in [0.3, 0.4) is 0 Å². The highest BCUT2D eigenvalue weighted by Crippen LogP contribution is 2.41. The molecule has 0 spiro atoms. The Hall–Kier alpha value is -2.82. The van der Waals surface area contributed by atoms with Crippen LogP contribution >= 0.6 is 11.6 Å². The van der Waals surface area contributed by atoms with E-state index in [0.29, 0.717) is 56.5 Å². The first-order valence-corrected chi connectivity index (χ1v) is 12.5. The van der Waals surface area contributed by atoms with Gasteiger partial charge in [0.2, 0.25) is 0 Å². The highest BCUT2D eigenvalue weighted by Gasteiger charge is 2.32. The lowest BCUT2D eigenvalue weighted by Gasteiger charge is -2.20. The first-order valence-electron chi connectivity index (χ1n) is 12.2. The fourth-order valence-corrected chi connectivity index (χ4v) is 4.90. The van der Waals surface area contributed by atoms with E-state index in [1.54, 1.807) is 6.07 Å². The molecule has 7 nitrogen and oxygen atoms in total. The van der Waals surface area contributed by atoms with Crippen molar-refractivity contribution in [1.29, 1.82) is 0 Å². The fraction of sp³-hybridized carbons (Fsp3) is 0.462. The molecule has 1 unspecified atom stereocenters. The summed E-state index contributed by atoms with van der Waals surface area (Å²) in [6.07, 6.45) is 0.0119. The number of hydrogen-bond donors (Lipinski definition) is 0. The van der Waals surface area contributed by atoms with Crippen molar-refractivity contribution < 1.29 is 27.4 Å². The minimum absolute atomic E-state index is 0.0112. The van der Waals surface area contributed by atoms with Crippen molar-refractivity contribution in [3.8, 4) is 22.8 Å². The summed E-state index contributed by atoms with van der Waals surface area (Å²) >= 11 is 6.30. The molecule has 4 heterocycles. The Kier molecular flexibility index (Phi) is 7.33. The molecule has 1 atom stereocenters. The minimum Gasteiger partial charge on any atom is -0.488 e. The zero-order chi connectivity index (χ0) is 26.2. The van der Waals surface area contributed by atoms with Crippen LogP contribution in [-0.2, 0) is 31.1 Å². The van der Waals surface area contributed by atoms with Gasteiger partial charge in [-0.3, -0.25) is 14.6 Å². The van der Waals surface area contributed by atoms with Crippen molar-refractivity contribution in [2.75, 3.05) is 26.4 Å². The third-order valence-corrected chi connectivity index (χ3v) is 7.09. The first-order chi connectivity index (χ1) is 17.7. The molecule has 0 bridgehead atoms. The molecule has 1 aromatic carbocycles. The predicted molar refractivity (Wildman–Crippen MR) is 132 cm³/mol. The number of hydrogen-bond acceptors (Lipinski definition) is 6. The molecule has 0 N–H and O–H groups in total. The summed E-state index contributed by atoms with van der Waals surface area (Å²) in [6, 6.07) is 4.50. The quantitative estimate of drug-likeness (QED) is 0.419. The van der Waals surface area contributed by atoms with Gasteiger partial charge in [-0.1, -0.05) is 11.6 Å². The number of fused-ring (bicyclic) bond motifs is 1. The van der Waals surface area contributed by atoms with Crippen molar-refractivity contribution in [3.05, 3.63) is 58.0 Å². The number of alkyl halides is 3. The van der Waals surface area contributed by atoms with Crippen LogP contribution in [-0.4, -0.2) is 52.1 Å². The van der Waals surface area contributed by atoms with E-state index in [1.807, 2.05) is 30.9 Å². The molecule has 198 valence electrons. The number of aryl methyl sites for hydroxylation is 1. The Morgan fingerprint density at radius 1 is 1.19 bits per heavy atom. The van der Waals surface area contributed by atoms with Crippen LogP contribution in [0.25, 0.3) is 11.3 Å². The summed E-state index contributed by atoms with van der Waals surface area (Å²) in [6.45, 7) is 5.45. The van der Waals surface area contributed by atoms with E-state index in [9.17, 15) is 13.2 Å². The zero-order valence-corrected chi connectivity index (χ0v) is 21.4. The van der Waals surface area contributed by atoms with Crippen molar-refractivity contribution in [2.24, 2.45) is 7.05 Å². The van der Waals surface area contributed by atoms with Gasteiger partial charge in [-0.15, -0.1) is 0 Å². The van der Waals surface area contributed by atoms with E-state index in [2.05, 4.69) is 15.0 Å². The molecule has 3 aromatic rings. The maximum Gasteiger partial charge on any atom is 0.417 e. The van der Waals surface area contributed by atoms with Gasteiger partial charge in [-0.05, 0) is 38.0 Å². The van der Waals surface area contributed by atoms with Gasteiger partial charge in [-0.2, -0.15) is 18.3 Å². The maximum absolute atomic E-state index is 13.2. The van der Waals surface area contributed by atoms with Crippen LogP contribution in [0.15, 0.2) is 30.6 Å². The SMILES string of the molecule is Cc1c(CN2CCOc3c(cc(-c4ncc(C(F)(F)F)cc4Cl)cc3OCC3CCCO3)C2)cnn1C. The number of benzene rings is 1. The van der Waals surface area contributed by atoms with Crippen molar-refractivity contribution >= 4 is 11.6 Å². The molecule has 0 amide bonds. The Morgan fingerprint density at radius 3 is 2.70 bits per heavy atom. The van der Waals surface area contributed by atoms with Gasteiger partial charge in [0.1, 0.15) is 13.2 Å². The van der Waals surface area contributed by atoms with Gasteiger partial charge in [0.05, 0.1) is 28.6 Å². The van der Waals surface area contributed by atoms with Crippen LogP contribution < -0.4 is 9.47 Å². The Morgan fingerprint density at radius 2 is 2.03 bits per heavy atom. The van der Waals surface area contributed by atoms with E-state index in [0.717, 1.165) is 41.9 Å². The Labute approximate surface area is 218 Å². The van der Waals surface area contributed by atoms with Crippen molar-refractivity contribution in [3.63, 3.8) is 0 Å². The zero-order valence-electron chi connectivity index (χ0n) is 20.6. The molecule has 37 heavy (non-hydrogen) atoms. The highest BCUT2D eigenvalue weighted by atomic mass is 35.5. The molecule has 0 saturated carbocycles. The molecule has 1 saturated heterocycles. The van der Waals surface area contributed by atoms with Gasteiger partial charge in [0, 0.05) is 61.9 Å². The van der Waals surface area contributed by atoms with E-state index < -0.39 is 11.7 Å². The van der Waals surface area contributed by atoms with Gasteiger partial charge < -0.3 is 14.2 Å². The van der Waals surface area contributed by atoms with E-state index in [-0.39, 0.29) is 16.8 Å². The second-order valence-electron chi connectivity index (χ2n) is 9.40. The van der Waals surface area contributed by atoms with Gasteiger partial charge >= 0.3 is 6.18 Å². The molecular formula is C26H28ClF3N4O3. The average Bonchev–Trinajstić information content (AvgIpc) is 3.42. The number of ether oxygens (including phenoxy) is 3. The van der Waals surface area contributed by atoms with E-state index in [4.69, 9.17) is 25.8 Å². The van der Waals surface area contributed by atoms with Gasteiger partial charge in [0.15, 0.2) is 11.5 Å². The second-order valence-corrected chi connectivity index (χ2v) is 9.81. The molecule has 5 rings (SSSR count). The summed E-state index contributed by atoms with van der Waals surface area (Å²) in [7, 11) is 1.91. The summed E-state index contributed by atoms with van der Waals surface area (Å²) in [5.41, 5.74) is 2.95. The summed E-state index contributed by atoms with van der Waals surface area (Å²) in [5, 5.41) is 4.25. The third-order valence-electron chi connectivity index (χ3n) is 6.80. The molecular weight excluding hydrogens is 509 g/mol. The number of pyridine rings is 1. The fourth-order valence-electron chi connectivity index (χ4n) is 4.62. The lowest BCUT2D eigenvalue weighted by Crippen LogP contribution is -2.25. The normalized spacial score (nSPS) is 18.4. The Bertz CT molecular complexity index is 1270. The molecule has 0 aliphatic carbocycles. The first kappa shape index (κ1) is 25.8. The lowest BCUT2D eigenvalue weighted by molar-refractivity contribution is -0.137. The topological polar surface area (TPSA) is 61.6 Å². The monoisotopic (exact) mass is 536 g/mol. The van der Waals surface area contributed by atoms with E-state index in [1.165, 1.54) is 0 Å². The number of aromatic nitrogens is 3. The molecule has 2 aliphatic rings. The summed E-state index contributed by atoms with van der Waals surface area (Å²) < 4.78 is 59.4. The average molecular weight is 537 g/mol. The van der Waals surface area contributed by atoms with E-state index >= 15 is 0 Å². The Balaban J connectivity index is 1.49. The second kappa shape index (κ2) is 10.5. The van der Waals surface area contributed by atoms with Crippen LogP contribution in [0, 0.1) is 6.92 Å². The lowest BCUT2D eigenvalue weighted by atomic mass is 10.0. The number of halogens is 4. The standard InChI is InChI=1S/C26H28ClF3N4O3/c1-16-19(11-32-33(16)2)14-34-5-7-36-25-18(13-34)8-17(9-23(25)37-15-21-4-3-6-35-21)24-22(27)10-20(12-31-24)26(28,29)30/h8-12,21H,3-7,13-15H2,1-2H3. The van der Waals surface area contributed by atoms with Gasteiger partial charge in [0.25, 0.3) is 0 Å². The molecule has 2 aliphatic heterocycles. The summed E-state index contributed by atoms with van der Waals surface area (Å²) in [4.78, 5) is 6.31. The summed E-state index contributed by atoms with van der Waals surface area (Å²) in [5.74, 6) is 1.12. The minimum atomic E-state index is -4.53. The predicted octanol–water partition coefficient (Wildman–Crippen LogP) is 5.42. The molecule has 1 fully saturated rings. The van der Waals surface area contributed by atoms with Gasteiger partial charge in [-0.25, -0.2) is 0 Å². The molecule has 11 heteroatoms. The van der Waals surface area contributed by atoms with Crippen LogP contribution in [0.5, 0.6) is 11.5 Å². The van der Waals surface area contributed by atoms with Crippen LogP contribution in [0.2, 0.25) is 5.02 Å². The highest BCUT2D eigenvalue weighted by molar-refractivity contribution is 6.33. The molecule has 2 aromatic heterocycles. The smallest absolute Gasteiger partial charge is 0.417 e. The van der Waals surface area contributed by atoms with Crippen molar-refractivity contribution in [1.82, 2.24) is 19.7 Å². The maximum atomic E-state index is 13.2. The molecule has 0 radical (unpaired) electrons. The third kappa shape index (κ3) is 5.71. The number of rotatable bonds is 6. The number of nitrogens with zero attached hydrogens (tertiary/aromatic N) is 4. The van der Waals surface area contributed by atoms with Crippen molar-refractivity contribution in [2.45, 2.75) is 45.1 Å². The largest absolute Gasteiger partial charge is 0.488 e. The van der Waals surface area contributed by atoms with Crippen LogP contribution in [0.4, 0.5) is 13.2 Å².